The van der Waals surface area contributed by atoms with E-state index in [0.717, 1.165) is 78.2 Å². The summed E-state index contributed by atoms with van der Waals surface area (Å²) in [5.41, 5.74) is 0. The summed E-state index contributed by atoms with van der Waals surface area (Å²) in [5.74, 6) is 0. The van der Waals surface area contributed by atoms with E-state index in [2.05, 4.69) is 65.8 Å². The van der Waals surface area contributed by atoms with Crippen molar-refractivity contribution >= 4 is 0 Å². The zero-order chi connectivity index (χ0) is 65.6. The van der Waals surface area contributed by atoms with Gasteiger partial charge in [0.25, 0.3) is 0 Å². The van der Waals surface area contributed by atoms with E-state index in [9.17, 15) is 0 Å². The maximum Gasteiger partial charge on any atom is 0.180 e. The zero-order valence-electron chi connectivity index (χ0n) is 63.0. The summed E-state index contributed by atoms with van der Waals surface area (Å²) in [5, 5.41) is 0. The molecule has 91 heavy (non-hydrogen) atoms. The molecule has 2 unspecified atom stereocenters. The van der Waals surface area contributed by atoms with E-state index in [1.54, 1.807) is 0 Å². The van der Waals surface area contributed by atoms with Gasteiger partial charge in [0.15, 0.2) is 25.2 Å². The van der Waals surface area contributed by atoms with Gasteiger partial charge in [-0.15, -0.1) is 0 Å². The molecule has 7 heteroatoms. The number of ether oxygens (including phenoxy) is 7. The van der Waals surface area contributed by atoms with Crippen LogP contribution in [0.1, 0.15) is 452 Å². The average Bonchev–Trinajstić information content (AvgIpc) is 3.69. The highest BCUT2D eigenvalue weighted by Crippen LogP contribution is 2.21. The summed E-state index contributed by atoms with van der Waals surface area (Å²) < 4.78 is 45.1. The quantitative estimate of drug-likeness (QED) is 0.0341. The molecule has 0 rings (SSSR count). The van der Waals surface area contributed by atoms with E-state index in [-0.39, 0.29) is 25.2 Å². The number of allylic oxidation sites excluding steroid dienone is 2. The molecule has 0 aromatic carbocycles. The highest BCUT2D eigenvalue weighted by molar-refractivity contribution is 4.90. The fourth-order valence-corrected chi connectivity index (χ4v) is 12.5. The number of hydrogen-bond acceptors (Lipinski definition) is 7. The maximum absolute atomic E-state index is 6.71. The van der Waals surface area contributed by atoms with Gasteiger partial charge in [-0.05, 0) is 102 Å². The second-order valence-corrected chi connectivity index (χ2v) is 28.1. The molecule has 0 fully saturated rings. The molecule has 0 radical (unpaired) electrons. The lowest BCUT2D eigenvalue weighted by Gasteiger charge is -2.22. The van der Waals surface area contributed by atoms with Gasteiger partial charge in [-0.3, -0.25) is 0 Å². The fraction of sp³-hybridized carbons (Fsp3) is 0.952. The van der Waals surface area contributed by atoms with Crippen LogP contribution in [0.15, 0.2) is 24.3 Å². The van der Waals surface area contributed by atoms with Crippen molar-refractivity contribution in [2.75, 3.05) is 39.6 Å². The minimum atomic E-state index is -0.380. The topological polar surface area (TPSA) is 64.6 Å². The van der Waals surface area contributed by atoms with Crippen LogP contribution in [-0.4, -0.2) is 64.8 Å². The number of hydrogen-bond donors (Lipinski definition) is 0. The molecule has 0 aliphatic heterocycles. The predicted molar refractivity (Wildman–Crippen MR) is 400 cm³/mol. The Morgan fingerprint density at radius 1 is 0.187 bits per heavy atom. The van der Waals surface area contributed by atoms with E-state index in [0.29, 0.717) is 0 Å². The monoisotopic (exact) mass is 1290 g/mol. The standard InChI is InChI=1S/C84H166O7/c1-7-13-19-25-45-55-65-75-85-81(86-76-66-56-46-26-20-14-8-2)71-61-51-41-37-33-31-35-39-43-53-63-73-83(89-79-69-59-49-29-23-17-11-5)91-84(90-80-70-60-50-30-24-18-12-6)74-64-54-44-40-36-32-34-38-42-52-62-72-82(87-77-67-57-47-27-21-15-9-3)88-78-68-58-48-28-22-16-10-4/h63-64,73-74,81-84H,7-62,65-72,75-80H2,1-6H3. The molecule has 0 saturated heterocycles. The lowest BCUT2D eigenvalue weighted by molar-refractivity contribution is -0.208. The summed E-state index contributed by atoms with van der Waals surface area (Å²) in [6, 6.07) is 0. The van der Waals surface area contributed by atoms with E-state index < -0.39 is 0 Å². The first kappa shape index (κ1) is 90.2. The Morgan fingerprint density at radius 2 is 0.363 bits per heavy atom. The molecule has 0 heterocycles. The van der Waals surface area contributed by atoms with Gasteiger partial charge in [-0.2, -0.15) is 0 Å². The first-order valence-electron chi connectivity index (χ1n) is 41.8. The van der Waals surface area contributed by atoms with Crippen LogP contribution < -0.4 is 0 Å². The van der Waals surface area contributed by atoms with Crippen molar-refractivity contribution in [1.29, 1.82) is 0 Å². The first-order chi connectivity index (χ1) is 45.1. The number of unbranched alkanes of at least 4 members (excludes halogenated alkanes) is 54. The maximum atomic E-state index is 6.71. The summed E-state index contributed by atoms with van der Waals surface area (Å²) in [4.78, 5) is 0. The fourth-order valence-electron chi connectivity index (χ4n) is 12.5. The Bertz CT molecular complexity index is 1200. The molecule has 2 atom stereocenters. The molecule has 0 aliphatic carbocycles. The van der Waals surface area contributed by atoms with Crippen molar-refractivity contribution < 1.29 is 33.2 Å². The molecule has 0 spiro atoms. The third kappa shape index (κ3) is 74.8. The van der Waals surface area contributed by atoms with Gasteiger partial charge in [-0.1, -0.05) is 375 Å². The molecule has 0 aromatic rings. The molecule has 0 aromatic heterocycles. The second-order valence-electron chi connectivity index (χ2n) is 28.1. The number of rotatable bonds is 82. The van der Waals surface area contributed by atoms with Gasteiger partial charge >= 0.3 is 0 Å². The molecule has 0 N–H and O–H groups in total. The predicted octanol–water partition coefficient (Wildman–Crippen LogP) is 28.6. The van der Waals surface area contributed by atoms with Crippen molar-refractivity contribution in [2.24, 2.45) is 0 Å². The molecule has 544 valence electrons. The van der Waals surface area contributed by atoms with Gasteiger partial charge in [0.1, 0.15) is 0 Å². The van der Waals surface area contributed by atoms with Crippen molar-refractivity contribution in [3.8, 4) is 0 Å². The minimum Gasteiger partial charge on any atom is -0.353 e. The van der Waals surface area contributed by atoms with Gasteiger partial charge in [0.05, 0.1) is 13.2 Å². The van der Waals surface area contributed by atoms with Crippen molar-refractivity contribution in [3.63, 3.8) is 0 Å². The average molecular weight is 1290 g/mol. The summed E-state index contributed by atoms with van der Waals surface area (Å²) in [6.45, 7) is 18.7. The lowest BCUT2D eigenvalue weighted by atomic mass is 10.1. The Kier molecular flexibility index (Phi) is 80.9. The van der Waals surface area contributed by atoms with E-state index in [1.165, 1.54) is 372 Å². The van der Waals surface area contributed by atoms with Gasteiger partial charge in [-0.25, -0.2) is 0 Å². The smallest absolute Gasteiger partial charge is 0.180 e. The molecular formula is C84H166O7. The zero-order valence-corrected chi connectivity index (χ0v) is 63.0. The van der Waals surface area contributed by atoms with Crippen molar-refractivity contribution in [1.82, 2.24) is 0 Å². The van der Waals surface area contributed by atoms with Crippen LogP contribution in [0.25, 0.3) is 0 Å². The summed E-state index contributed by atoms with van der Waals surface area (Å²) in [6.07, 6.45) is 91.0. The molecule has 7 nitrogen and oxygen atoms in total. The first-order valence-corrected chi connectivity index (χ1v) is 41.8. The minimum absolute atomic E-state index is 0.00810. The van der Waals surface area contributed by atoms with Crippen molar-refractivity contribution in [2.45, 2.75) is 478 Å². The molecule has 0 amide bonds. The molecule has 0 aliphatic rings. The van der Waals surface area contributed by atoms with Crippen LogP contribution in [0.2, 0.25) is 0 Å². The van der Waals surface area contributed by atoms with Gasteiger partial charge in [0.2, 0.25) is 0 Å². The summed E-state index contributed by atoms with van der Waals surface area (Å²) in [7, 11) is 0. The second kappa shape index (κ2) is 81.6. The largest absolute Gasteiger partial charge is 0.353 e. The molecular weight excluding hydrogens is 1120 g/mol. The van der Waals surface area contributed by atoms with Crippen LogP contribution >= 0.6 is 0 Å². The Balaban J connectivity index is 5.01. The van der Waals surface area contributed by atoms with E-state index in [4.69, 9.17) is 33.2 Å². The molecule has 0 bridgehead atoms. The highest BCUT2D eigenvalue weighted by Gasteiger charge is 2.15. The normalized spacial score (nSPS) is 12.8. The van der Waals surface area contributed by atoms with E-state index in [1.807, 2.05) is 0 Å². The van der Waals surface area contributed by atoms with Crippen LogP contribution in [0.3, 0.4) is 0 Å². The molecule has 0 saturated carbocycles. The van der Waals surface area contributed by atoms with Crippen LogP contribution in [-0.2, 0) is 33.2 Å². The third-order valence-corrected chi connectivity index (χ3v) is 18.7. The Morgan fingerprint density at radius 3 is 0.582 bits per heavy atom. The SMILES string of the molecule is CCCCCCCCCOC(C=CCCCCCCCCCCCC(OCCCCCCCCC)OCCCCCCCCC)OC(C=CCCCCCCCCCCCC(OCCCCCCCCC)OCCCCCCCCC)OCCCCCCCCC. The van der Waals surface area contributed by atoms with Gasteiger partial charge in [0, 0.05) is 26.4 Å². The Labute approximate surface area is 571 Å². The Hall–Kier alpha value is -0.800. The van der Waals surface area contributed by atoms with E-state index >= 15 is 0 Å². The summed E-state index contributed by atoms with van der Waals surface area (Å²) >= 11 is 0. The van der Waals surface area contributed by atoms with Crippen LogP contribution in [0.5, 0.6) is 0 Å². The van der Waals surface area contributed by atoms with Crippen molar-refractivity contribution in [3.05, 3.63) is 24.3 Å². The van der Waals surface area contributed by atoms with Crippen LogP contribution in [0, 0.1) is 0 Å². The lowest BCUT2D eigenvalue weighted by Crippen LogP contribution is -2.25. The van der Waals surface area contributed by atoms with Crippen LogP contribution in [0.4, 0.5) is 0 Å². The van der Waals surface area contributed by atoms with Gasteiger partial charge < -0.3 is 33.2 Å². The highest BCUT2D eigenvalue weighted by atomic mass is 16.8. The third-order valence-electron chi connectivity index (χ3n) is 18.7.